The molecule has 3 rings (SSSR count). The third kappa shape index (κ3) is 3.65. The van der Waals surface area contributed by atoms with Crippen molar-refractivity contribution in [2.75, 3.05) is 0 Å². The number of nitrogens with one attached hydrogen (secondary N) is 1. The summed E-state index contributed by atoms with van der Waals surface area (Å²) >= 11 is 5.41. The van der Waals surface area contributed by atoms with Crippen LogP contribution < -0.4 is 5.32 Å². The van der Waals surface area contributed by atoms with E-state index in [0.29, 0.717) is 5.11 Å². The highest BCUT2D eigenvalue weighted by Crippen LogP contribution is 2.29. The molecule has 1 heterocycles. The molecule has 2 aromatic carbocycles. The van der Waals surface area contributed by atoms with Gasteiger partial charge in [-0.25, -0.2) is 0 Å². The summed E-state index contributed by atoms with van der Waals surface area (Å²) in [4.78, 5) is 14.3. The molecule has 1 aliphatic rings. The topological polar surface area (TPSA) is 32.3 Å². The van der Waals surface area contributed by atoms with Gasteiger partial charge in [-0.2, -0.15) is 0 Å². The van der Waals surface area contributed by atoms with Gasteiger partial charge in [0.2, 0.25) is 0 Å². The molecule has 2 aromatic rings. The molecule has 0 saturated carbocycles. The summed E-state index contributed by atoms with van der Waals surface area (Å²) in [7, 11) is 0. The maximum atomic E-state index is 12.5. The van der Waals surface area contributed by atoms with Crippen LogP contribution in [0.15, 0.2) is 60.7 Å². The fourth-order valence-corrected chi connectivity index (χ4v) is 3.58. The summed E-state index contributed by atoms with van der Waals surface area (Å²) in [5.74, 6) is 0.0635. The molecular formula is C20H22N2OS. The standard InChI is InChI=1S/C20H22N2OS/c1-15-19(23)22(20(24)21-15)18(17-12-6-3-7-13-17)14-8-11-16-9-4-2-5-10-16/h2-7,9-10,12-13,15,18H,8,11,14H2,1H3,(H,21,24)/t15-,18-/m0/s1. The first-order valence-electron chi connectivity index (χ1n) is 8.39. The summed E-state index contributed by atoms with van der Waals surface area (Å²) in [6.45, 7) is 1.86. The van der Waals surface area contributed by atoms with Gasteiger partial charge in [-0.3, -0.25) is 9.69 Å². The monoisotopic (exact) mass is 338 g/mol. The fourth-order valence-electron chi connectivity index (χ4n) is 3.18. The third-order valence-electron chi connectivity index (χ3n) is 4.45. The zero-order valence-corrected chi connectivity index (χ0v) is 14.6. The van der Waals surface area contributed by atoms with Crippen molar-refractivity contribution in [2.45, 2.75) is 38.3 Å². The Kier molecular flexibility index (Phi) is 5.26. The van der Waals surface area contributed by atoms with Crippen molar-refractivity contribution < 1.29 is 4.79 Å². The van der Waals surface area contributed by atoms with Gasteiger partial charge < -0.3 is 5.32 Å². The minimum atomic E-state index is -0.238. The van der Waals surface area contributed by atoms with E-state index in [1.54, 1.807) is 4.90 Å². The van der Waals surface area contributed by atoms with Crippen molar-refractivity contribution in [3.63, 3.8) is 0 Å². The summed E-state index contributed by atoms with van der Waals surface area (Å²) < 4.78 is 0. The van der Waals surface area contributed by atoms with Gasteiger partial charge >= 0.3 is 0 Å². The smallest absolute Gasteiger partial charge is 0.251 e. The van der Waals surface area contributed by atoms with E-state index in [1.165, 1.54) is 5.56 Å². The summed E-state index contributed by atoms with van der Waals surface area (Å²) in [6, 6.07) is 20.4. The van der Waals surface area contributed by atoms with Crippen molar-refractivity contribution in [3.05, 3.63) is 71.8 Å². The van der Waals surface area contributed by atoms with Crippen molar-refractivity contribution in [2.24, 2.45) is 0 Å². The summed E-state index contributed by atoms with van der Waals surface area (Å²) in [6.07, 6.45) is 2.89. The highest BCUT2D eigenvalue weighted by atomic mass is 32.1. The SMILES string of the molecule is C[C@@H]1NC(=S)N([C@@H](CCCc2ccccc2)c2ccccc2)C1=O. The number of nitrogens with zero attached hydrogens (tertiary/aromatic N) is 1. The highest BCUT2D eigenvalue weighted by molar-refractivity contribution is 7.80. The molecule has 124 valence electrons. The van der Waals surface area contributed by atoms with Gasteiger partial charge in [-0.15, -0.1) is 0 Å². The number of benzene rings is 2. The van der Waals surface area contributed by atoms with Crippen molar-refractivity contribution in [1.82, 2.24) is 10.2 Å². The largest absolute Gasteiger partial charge is 0.351 e. The first-order valence-corrected chi connectivity index (χ1v) is 8.80. The van der Waals surface area contributed by atoms with Crippen LogP contribution in [0, 0.1) is 0 Å². The second-order valence-electron chi connectivity index (χ2n) is 6.18. The van der Waals surface area contributed by atoms with E-state index >= 15 is 0 Å². The number of hydrogen-bond donors (Lipinski definition) is 1. The second kappa shape index (κ2) is 7.58. The third-order valence-corrected chi connectivity index (χ3v) is 4.76. The normalized spacial score (nSPS) is 18.5. The minimum Gasteiger partial charge on any atom is -0.351 e. The number of aryl methyl sites for hydroxylation is 1. The summed E-state index contributed by atoms with van der Waals surface area (Å²) in [5.41, 5.74) is 2.46. The number of carbonyl (C=O) groups excluding carboxylic acids is 1. The van der Waals surface area contributed by atoms with Crippen LogP contribution in [0.25, 0.3) is 0 Å². The van der Waals surface area contributed by atoms with Gasteiger partial charge in [0.1, 0.15) is 6.04 Å². The zero-order valence-electron chi connectivity index (χ0n) is 13.8. The van der Waals surface area contributed by atoms with Gasteiger partial charge in [0.15, 0.2) is 5.11 Å². The molecule has 0 unspecified atom stereocenters. The van der Waals surface area contributed by atoms with E-state index < -0.39 is 0 Å². The Morgan fingerprint density at radius 3 is 2.29 bits per heavy atom. The van der Waals surface area contributed by atoms with Crippen LogP contribution in [0.4, 0.5) is 0 Å². The molecule has 1 amide bonds. The number of rotatable bonds is 6. The van der Waals surface area contributed by atoms with Gasteiger partial charge in [-0.05, 0) is 49.5 Å². The van der Waals surface area contributed by atoms with Crippen LogP contribution in [0.2, 0.25) is 0 Å². The van der Waals surface area contributed by atoms with E-state index in [4.69, 9.17) is 12.2 Å². The molecule has 3 nitrogen and oxygen atoms in total. The average Bonchev–Trinajstić information content (AvgIpc) is 2.86. The second-order valence-corrected chi connectivity index (χ2v) is 6.57. The Hall–Kier alpha value is -2.20. The predicted octanol–water partition coefficient (Wildman–Crippen LogP) is 3.86. The number of carbonyl (C=O) groups is 1. The Morgan fingerprint density at radius 2 is 1.71 bits per heavy atom. The molecule has 4 heteroatoms. The van der Waals surface area contributed by atoms with Crippen molar-refractivity contribution in [1.29, 1.82) is 0 Å². The number of thiocarbonyl (C=S) groups is 1. The van der Waals surface area contributed by atoms with Crippen molar-refractivity contribution >= 4 is 23.2 Å². The molecule has 1 aliphatic heterocycles. The van der Waals surface area contributed by atoms with Crippen LogP contribution >= 0.6 is 12.2 Å². The van der Waals surface area contributed by atoms with E-state index in [1.807, 2.05) is 31.2 Å². The fraction of sp³-hybridized carbons (Fsp3) is 0.300. The molecular weight excluding hydrogens is 316 g/mol. The molecule has 24 heavy (non-hydrogen) atoms. The lowest BCUT2D eigenvalue weighted by Crippen LogP contribution is -2.35. The first-order chi connectivity index (χ1) is 11.7. The predicted molar refractivity (Wildman–Crippen MR) is 101 cm³/mol. The quantitative estimate of drug-likeness (QED) is 0.812. The molecule has 1 fully saturated rings. The lowest BCUT2D eigenvalue weighted by molar-refractivity contribution is -0.128. The molecule has 2 atom stereocenters. The molecule has 0 spiro atoms. The van der Waals surface area contributed by atoms with E-state index in [2.05, 4.69) is 41.7 Å². The molecule has 1 N–H and O–H groups in total. The van der Waals surface area contributed by atoms with E-state index in [0.717, 1.165) is 24.8 Å². The Bertz CT molecular complexity index is 702. The first kappa shape index (κ1) is 16.7. The van der Waals surface area contributed by atoms with Crippen LogP contribution in [-0.2, 0) is 11.2 Å². The Labute approximate surface area is 148 Å². The van der Waals surface area contributed by atoms with Gasteiger partial charge in [0.05, 0.1) is 6.04 Å². The van der Waals surface area contributed by atoms with E-state index in [9.17, 15) is 4.79 Å². The molecule has 0 radical (unpaired) electrons. The molecule has 0 aromatic heterocycles. The Morgan fingerprint density at radius 1 is 1.08 bits per heavy atom. The van der Waals surface area contributed by atoms with E-state index in [-0.39, 0.29) is 18.0 Å². The lowest BCUT2D eigenvalue weighted by Gasteiger charge is -2.27. The lowest BCUT2D eigenvalue weighted by atomic mass is 9.97. The number of amides is 1. The van der Waals surface area contributed by atoms with Crippen LogP contribution in [0.1, 0.15) is 36.9 Å². The number of hydrogen-bond acceptors (Lipinski definition) is 2. The van der Waals surface area contributed by atoms with Crippen molar-refractivity contribution in [3.8, 4) is 0 Å². The highest BCUT2D eigenvalue weighted by Gasteiger charge is 2.37. The van der Waals surface area contributed by atoms with Gasteiger partial charge in [-0.1, -0.05) is 60.7 Å². The van der Waals surface area contributed by atoms with Gasteiger partial charge in [0.25, 0.3) is 5.91 Å². The maximum absolute atomic E-state index is 12.5. The van der Waals surface area contributed by atoms with Crippen LogP contribution in [-0.4, -0.2) is 22.0 Å². The Balaban J connectivity index is 1.76. The average molecular weight is 338 g/mol. The molecule has 0 aliphatic carbocycles. The zero-order chi connectivity index (χ0) is 16.9. The maximum Gasteiger partial charge on any atom is 0.251 e. The van der Waals surface area contributed by atoms with Gasteiger partial charge in [0, 0.05) is 0 Å². The minimum absolute atomic E-state index is 0.00707. The molecule has 1 saturated heterocycles. The van der Waals surface area contributed by atoms with Crippen LogP contribution in [0.3, 0.4) is 0 Å². The van der Waals surface area contributed by atoms with Crippen LogP contribution in [0.5, 0.6) is 0 Å². The molecule has 0 bridgehead atoms. The summed E-state index contributed by atoms with van der Waals surface area (Å²) in [5, 5.41) is 3.63.